The number of piperidine rings is 1. The van der Waals surface area contributed by atoms with Crippen molar-refractivity contribution in [3.8, 4) is 0 Å². The number of hydrogen-bond acceptors (Lipinski definition) is 2. The van der Waals surface area contributed by atoms with E-state index in [0.717, 1.165) is 12.8 Å². The van der Waals surface area contributed by atoms with Crippen LogP contribution in [0.2, 0.25) is 0 Å². The van der Waals surface area contributed by atoms with Crippen LogP contribution in [-0.4, -0.2) is 29.3 Å². The molecule has 1 unspecified atom stereocenters. The molecule has 2 heteroatoms. The highest BCUT2D eigenvalue weighted by atomic mass is 16.1. The van der Waals surface area contributed by atoms with E-state index in [9.17, 15) is 4.79 Å². The second-order valence-corrected chi connectivity index (χ2v) is 5.27. The predicted molar refractivity (Wildman–Crippen MR) is 59.3 cm³/mol. The number of likely N-dealkylation sites (tertiary alicyclic amines) is 1. The third kappa shape index (κ3) is 2.35. The maximum absolute atomic E-state index is 11.1. The van der Waals surface area contributed by atoms with Gasteiger partial charge in [0, 0.05) is 6.04 Å². The number of carbonyl (C=O) groups is 1. The van der Waals surface area contributed by atoms with Crippen LogP contribution in [0.4, 0.5) is 0 Å². The van der Waals surface area contributed by atoms with E-state index in [1.165, 1.54) is 19.3 Å². The fourth-order valence-corrected chi connectivity index (χ4v) is 2.43. The molecule has 0 aromatic heterocycles. The standard InChI is InChI=1S/C12H23NO/c1-10(2)11-7-5-6-8-13(11)12(3,4)9-14/h9-11H,5-8H2,1-4H3. The molecule has 0 saturated carbocycles. The van der Waals surface area contributed by atoms with Gasteiger partial charge in [-0.3, -0.25) is 4.90 Å². The lowest BCUT2D eigenvalue weighted by Crippen LogP contribution is -2.54. The summed E-state index contributed by atoms with van der Waals surface area (Å²) in [6, 6.07) is 0.587. The summed E-state index contributed by atoms with van der Waals surface area (Å²) in [5.74, 6) is 0.648. The molecule has 0 spiro atoms. The second-order valence-electron chi connectivity index (χ2n) is 5.27. The molecule has 0 amide bonds. The molecule has 82 valence electrons. The summed E-state index contributed by atoms with van der Waals surface area (Å²) >= 11 is 0. The van der Waals surface area contributed by atoms with Crippen LogP contribution in [0.15, 0.2) is 0 Å². The van der Waals surface area contributed by atoms with Gasteiger partial charge in [-0.05, 0) is 39.2 Å². The van der Waals surface area contributed by atoms with Crippen molar-refractivity contribution in [2.24, 2.45) is 5.92 Å². The molecule has 1 heterocycles. The number of rotatable bonds is 3. The first kappa shape index (κ1) is 11.7. The molecular formula is C12H23NO. The molecule has 0 aliphatic carbocycles. The van der Waals surface area contributed by atoms with E-state index in [4.69, 9.17) is 0 Å². The average Bonchev–Trinajstić information content (AvgIpc) is 2.18. The van der Waals surface area contributed by atoms with Crippen LogP contribution in [0.25, 0.3) is 0 Å². The molecule has 1 saturated heterocycles. The van der Waals surface area contributed by atoms with Crippen LogP contribution in [-0.2, 0) is 4.79 Å². The smallest absolute Gasteiger partial charge is 0.139 e. The molecule has 0 bridgehead atoms. The highest BCUT2D eigenvalue weighted by Gasteiger charge is 2.35. The summed E-state index contributed by atoms with van der Waals surface area (Å²) < 4.78 is 0. The molecule has 1 fully saturated rings. The lowest BCUT2D eigenvalue weighted by atomic mass is 9.88. The molecule has 2 nitrogen and oxygen atoms in total. The average molecular weight is 197 g/mol. The Morgan fingerprint density at radius 3 is 2.50 bits per heavy atom. The van der Waals surface area contributed by atoms with Crippen molar-refractivity contribution in [1.82, 2.24) is 4.90 Å². The van der Waals surface area contributed by atoms with Gasteiger partial charge >= 0.3 is 0 Å². The maximum atomic E-state index is 11.1. The molecule has 0 aromatic rings. The molecule has 0 N–H and O–H groups in total. The first-order chi connectivity index (χ1) is 6.49. The number of hydrogen-bond donors (Lipinski definition) is 0. The van der Waals surface area contributed by atoms with Gasteiger partial charge in [0.05, 0.1) is 5.54 Å². The highest BCUT2D eigenvalue weighted by molar-refractivity contribution is 5.62. The fourth-order valence-electron chi connectivity index (χ4n) is 2.43. The maximum Gasteiger partial charge on any atom is 0.139 e. The minimum Gasteiger partial charge on any atom is -0.301 e. The van der Waals surface area contributed by atoms with E-state index in [2.05, 4.69) is 18.7 Å². The summed E-state index contributed by atoms with van der Waals surface area (Å²) in [5, 5.41) is 0. The predicted octanol–water partition coefficient (Wildman–Crippen LogP) is 2.47. The fraction of sp³-hybridized carbons (Fsp3) is 0.917. The lowest BCUT2D eigenvalue weighted by molar-refractivity contribution is -0.120. The zero-order valence-electron chi connectivity index (χ0n) is 9.92. The van der Waals surface area contributed by atoms with E-state index in [-0.39, 0.29) is 5.54 Å². The van der Waals surface area contributed by atoms with Crippen molar-refractivity contribution >= 4 is 6.29 Å². The summed E-state index contributed by atoms with van der Waals surface area (Å²) in [4.78, 5) is 13.4. The Balaban J connectivity index is 2.77. The van der Waals surface area contributed by atoms with Gasteiger partial charge in [-0.1, -0.05) is 20.3 Å². The lowest BCUT2D eigenvalue weighted by Gasteiger charge is -2.45. The Morgan fingerprint density at radius 1 is 1.36 bits per heavy atom. The van der Waals surface area contributed by atoms with Gasteiger partial charge in [-0.25, -0.2) is 0 Å². The summed E-state index contributed by atoms with van der Waals surface area (Å²) in [7, 11) is 0. The first-order valence-corrected chi connectivity index (χ1v) is 5.72. The van der Waals surface area contributed by atoms with Gasteiger partial charge in [0.2, 0.25) is 0 Å². The van der Waals surface area contributed by atoms with Gasteiger partial charge in [0.15, 0.2) is 0 Å². The second kappa shape index (κ2) is 4.43. The molecular weight excluding hydrogens is 174 g/mol. The van der Waals surface area contributed by atoms with Crippen LogP contribution in [0.5, 0.6) is 0 Å². The van der Waals surface area contributed by atoms with Crippen molar-refractivity contribution in [3.05, 3.63) is 0 Å². The van der Waals surface area contributed by atoms with Crippen molar-refractivity contribution in [2.45, 2.75) is 58.5 Å². The summed E-state index contributed by atoms with van der Waals surface area (Å²) in [6.45, 7) is 9.64. The topological polar surface area (TPSA) is 20.3 Å². The SMILES string of the molecule is CC(C)C1CCCCN1C(C)(C)C=O. The van der Waals surface area contributed by atoms with E-state index in [1.807, 2.05) is 13.8 Å². The van der Waals surface area contributed by atoms with Gasteiger partial charge < -0.3 is 4.79 Å². The normalized spacial score (nSPS) is 25.4. The van der Waals surface area contributed by atoms with E-state index in [0.29, 0.717) is 12.0 Å². The van der Waals surface area contributed by atoms with E-state index < -0.39 is 0 Å². The number of nitrogens with zero attached hydrogens (tertiary/aromatic N) is 1. The third-order valence-electron chi connectivity index (χ3n) is 3.35. The Bertz CT molecular complexity index is 198. The molecule has 0 aromatic carbocycles. The number of carbonyl (C=O) groups excluding carboxylic acids is 1. The zero-order chi connectivity index (χ0) is 10.8. The van der Waals surface area contributed by atoms with Crippen LogP contribution in [0.3, 0.4) is 0 Å². The molecule has 1 atom stereocenters. The van der Waals surface area contributed by atoms with Crippen LogP contribution < -0.4 is 0 Å². The molecule has 1 aliphatic rings. The quantitative estimate of drug-likeness (QED) is 0.648. The highest BCUT2D eigenvalue weighted by Crippen LogP contribution is 2.28. The summed E-state index contributed by atoms with van der Waals surface area (Å²) in [6.07, 6.45) is 4.89. The van der Waals surface area contributed by atoms with Gasteiger partial charge in [0.1, 0.15) is 6.29 Å². The van der Waals surface area contributed by atoms with Crippen LogP contribution in [0.1, 0.15) is 47.0 Å². The first-order valence-electron chi connectivity index (χ1n) is 5.72. The van der Waals surface area contributed by atoms with E-state index >= 15 is 0 Å². The Morgan fingerprint density at radius 2 is 2.00 bits per heavy atom. The van der Waals surface area contributed by atoms with Crippen LogP contribution >= 0.6 is 0 Å². The Hall–Kier alpha value is -0.370. The van der Waals surface area contributed by atoms with Gasteiger partial charge in [-0.2, -0.15) is 0 Å². The largest absolute Gasteiger partial charge is 0.301 e. The monoisotopic (exact) mass is 197 g/mol. The van der Waals surface area contributed by atoms with Gasteiger partial charge in [0.25, 0.3) is 0 Å². The molecule has 0 radical (unpaired) electrons. The minimum absolute atomic E-state index is 0.282. The summed E-state index contributed by atoms with van der Waals surface area (Å²) in [5.41, 5.74) is -0.282. The van der Waals surface area contributed by atoms with Gasteiger partial charge in [-0.15, -0.1) is 0 Å². The molecule has 14 heavy (non-hydrogen) atoms. The van der Waals surface area contributed by atoms with E-state index in [1.54, 1.807) is 0 Å². The molecule has 1 aliphatic heterocycles. The minimum atomic E-state index is -0.282. The van der Waals surface area contributed by atoms with Crippen LogP contribution in [0, 0.1) is 5.92 Å². The Kier molecular flexibility index (Phi) is 3.71. The molecule has 1 rings (SSSR count). The number of aldehydes is 1. The van der Waals surface area contributed by atoms with Crippen molar-refractivity contribution in [3.63, 3.8) is 0 Å². The van der Waals surface area contributed by atoms with Crippen molar-refractivity contribution < 1.29 is 4.79 Å². The van der Waals surface area contributed by atoms with Crippen molar-refractivity contribution in [1.29, 1.82) is 0 Å². The van der Waals surface area contributed by atoms with Crippen molar-refractivity contribution in [2.75, 3.05) is 6.54 Å². The third-order valence-corrected chi connectivity index (χ3v) is 3.35. The Labute approximate surface area is 87.7 Å². The zero-order valence-corrected chi connectivity index (χ0v) is 9.92.